The fraction of sp³-hybridized carbons (Fsp3) is 0.154. The normalized spacial score (nSPS) is 12.2. The lowest BCUT2D eigenvalue weighted by molar-refractivity contribution is 0.102. The van der Waals surface area contributed by atoms with Crippen LogP contribution in [0.5, 0.6) is 5.75 Å². The summed E-state index contributed by atoms with van der Waals surface area (Å²) in [6, 6.07) is 8.75. The highest BCUT2D eigenvalue weighted by Crippen LogP contribution is 2.32. The van der Waals surface area contributed by atoms with Crippen LogP contribution in [0.25, 0.3) is 0 Å². The summed E-state index contributed by atoms with van der Waals surface area (Å²) in [5.74, 6) is 0.301. The molecule has 0 aliphatic rings. The Balaban J connectivity index is 2.19. The van der Waals surface area contributed by atoms with E-state index in [4.69, 9.17) is 4.74 Å². The SMILES string of the molecule is COc1ccccc1S(=O)CC(=O)c1cc(Br)sc1Br. The average Bonchev–Trinajstić information content (AvgIpc) is 2.77. The Morgan fingerprint density at radius 3 is 2.65 bits per heavy atom. The van der Waals surface area contributed by atoms with Gasteiger partial charge < -0.3 is 4.74 Å². The number of carbonyl (C=O) groups is 1. The van der Waals surface area contributed by atoms with Crippen LogP contribution in [0, 0.1) is 0 Å². The van der Waals surface area contributed by atoms with Gasteiger partial charge in [-0.3, -0.25) is 9.00 Å². The van der Waals surface area contributed by atoms with E-state index in [0.29, 0.717) is 16.2 Å². The zero-order chi connectivity index (χ0) is 14.7. The maximum absolute atomic E-state index is 12.3. The Hall–Kier alpha value is -0.500. The Morgan fingerprint density at radius 1 is 1.35 bits per heavy atom. The van der Waals surface area contributed by atoms with Gasteiger partial charge in [0.15, 0.2) is 5.78 Å². The highest BCUT2D eigenvalue weighted by Gasteiger charge is 2.19. The van der Waals surface area contributed by atoms with Crippen molar-refractivity contribution in [1.82, 2.24) is 0 Å². The van der Waals surface area contributed by atoms with E-state index in [1.807, 2.05) is 0 Å². The number of halogens is 2. The van der Waals surface area contributed by atoms with Crippen LogP contribution in [0.15, 0.2) is 42.8 Å². The largest absolute Gasteiger partial charge is 0.495 e. The third-order valence-corrected chi connectivity index (χ3v) is 6.23. The monoisotopic (exact) mass is 436 g/mol. The lowest BCUT2D eigenvalue weighted by Gasteiger charge is -2.07. The number of methoxy groups -OCH3 is 1. The predicted octanol–water partition coefficient (Wildman–Crippen LogP) is 4.27. The van der Waals surface area contributed by atoms with E-state index in [1.165, 1.54) is 18.4 Å². The average molecular weight is 438 g/mol. The lowest BCUT2D eigenvalue weighted by Crippen LogP contribution is -2.11. The molecule has 1 aromatic heterocycles. The Morgan fingerprint density at radius 2 is 2.05 bits per heavy atom. The molecule has 3 nitrogen and oxygen atoms in total. The molecule has 0 bridgehead atoms. The van der Waals surface area contributed by atoms with Crippen molar-refractivity contribution in [3.63, 3.8) is 0 Å². The minimum Gasteiger partial charge on any atom is -0.495 e. The van der Waals surface area contributed by atoms with Crippen molar-refractivity contribution in [2.75, 3.05) is 12.9 Å². The third kappa shape index (κ3) is 3.58. The van der Waals surface area contributed by atoms with Gasteiger partial charge in [0.2, 0.25) is 0 Å². The van der Waals surface area contributed by atoms with Gasteiger partial charge in [0.25, 0.3) is 0 Å². The van der Waals surface area contributed by atoms with Crippen molar-refractivity contribution >= 4 is 59.8 Å². The maximum atomic E-state index is 12.3. The molecule has 2 aromatic rings. The van der Waals surface area contributed by atoms with E-state index in [2.05, 4.69) is 31.9 Å². The van der Waals surface area contributed by atoms with Crippen LogP contribution in [-0.4, -0.2) is 22.9 Å². The molecular weight excluding hydrogens is 428 g/mol. The van der Waals surface area contributed by atoms with Crippen molar-refractivity contribution in [1.29, 1.82) is 0 Å². The number of carbonyl (C=O) groups excluding carboxylic acids is 1. The molecule has 0 saturated carbocycles. The van der Waals surface area contributed by atoms with Crippen molar-refractivity contribution in [2.45, 2.75) is 4.90 Å². The summed E-state index contributed by atoms with van der Waals surface area (Å²) < 4.78 is 19.1. The Labute approximate surface area is 140 Å². The molecule has 0 saturated heterocycles. The second kappa shape index (κ2) is 6.98. The van der Waals surface area contributed by atoms with Crippen molar-refractivity contribution < 1.29 is 13.7 Å². The molecule has 106 valence electrons. The van der Waals surface area contributed by atoms with E-state index < -0.39 is 10.8 Å². The van der Waals surface area contributed by atoms with Crippen LogP contribution in [0.1, 0.15) is 10.4 Å². The molecule has 0 aliphatic heterocycles. The summed E-state index contributed by atoms with van der Waals surface area (Å²) in [4.78, 5) is 12.7. The third-order valence-electron chi connectivity index (χ3n) is 2.53. The molecule has 0 amide bonds. The van der Waals surface area contributed by atoms with Gasteiger partial charge in [0.1, 0.15) is 5.75 Å². The summed E-state index contributed by atoms with van der Waals surface area (Å²) >= 11 is 8.08. The summed E-state index contributed by atoms with van der Waals surface area (Å²) in [6.07, 6.45) is 0. The summed E-state index contributed by atoms with van der Waals surface area (Å²) in [5.41, 5.74) is 0.546. The Kier molecular flexibility index (Phi) is 5.54. The summed E-state index contributed by atoms with van der Waals surface area (Å²) in [7, 11) is 0.0878. The molecule has 0 aliphatic carbocycles. The van der Waals surface area contributed by atoms with Crippen LogP contribution in [-0.2, 0) is 10.8 Å². The first-order valence-corrected chi connectivity index (χ1v) is 9.24. The van der Waals surface area contributed by atoms with Crippen LogP contribution in [0.2, 0.25) is 0 Å². The number of hydrogen-bond acceptors (Lipinski definition) is 4. The molecule has 7 heteroatoms. The van der Waals surface area contributed by atoms with Gasteiger partial charge in [-0.1, -0.05) is 12.1 Å². The molecule has 2 rings (SSSR count). The highest BCUT2D eigenvalue weighted by molar-refractivity contribution is 9.12. The second-order valence-electron chi connectivity index (χ2n) is 3.80. The van der Waals surface area contributed by atoms with Crippen LogP contribution >= 0.6 is 43.2 Å². The first-order valence-electron chi connectivity index (χ1n) is 5.52. The van der Waals surface area contributed by atoms with E-state index in [1.54, 1.807) is 30.3 Å². The van der Waals surface area contributed by atoms with Crippen LogP contribution < -0.4 is 4.74 Å². The van der Waals surface area contributed by atoms with Crippen LogP contribution in [0.4, 0.5) is 0 Å². The number of Topliss-reactive ketones (excluding diaryl/α,β-unsaturated/α-hetero) is 1. The zero-order valence-corrected chi connectivity index (χ0v) is 15.2. The maximum Gasteiger partial charge on any atom is 0.177 e. The van der Waals surface area contributed by atoms with Gasteiger partial charge in [-0.15, -0.1) is 11.3 Å². The fourth-order valence-electron chi connectivity index (χ4n) is 1.61. The number of ether oxygens (including phenoxy) is 1. The number of thiophene rings is 1. The second-order valence-corrected chi connectivity index (χ2v) is 8.97. The first-order chi connectivity index (χ1) is 9.52. The van der Waals surface area contributed by atoms with Gasteiger partial charge >= 0.3 is 0 Å². The summed E-state index contributed by atoms with van der Waals surface area (Å²) in [6.45, 7) is 0. The molecule has 0 radical (unpaired) electrons. The molecule has 0 N–H and O–H groups in total. The minimum atomic E-state index is -1.43. The van der Waals surface area contributed by atoms with Gasteiger partial charge in [0, 0.05) is 5.56 Å². The molecule has 0 spiro atoms. The molecular formula is C13H10Br2O3S2. The predicted molar refractivity (Wildman–Crippen MR) is 88.3 cm³/mol. The molecule has 1 aromatic carbocycles. The number of ketones is 1. The van der Waals surface area contributed by atoms with E-state index in [-0.39, 0.29) is 11.5 Å². The van der Waals surface area contributed by atoms with E-state index in [0.717, 1.165) is 7.57 Å². The lowest BCUT2D eigenvalue weighted by atomic mass is 10.2. The first kappa shape index (κ1) is 15.9. The van der Waals surface area contributed by atoms with Gasteiger partial charge in [0.05, 0.1) is 36.1 Å². The quantitative estimate of drug-likeness (QED) is 0.656. The van der Waals surface area contributed by atoms with E-state index in [9.17, 15) is 9.00 Å². The Bertz CT molecular complexity index is 667. The standard InChI is InChI=1S/C13H10Br2O3S2/c1-18-10-4-2-3-5-11(10)20(17)7-9(16)8-6-12(14)19-13(8)15/h2-6H,7H2,1H3. The van der Waals surface area contributed by atoms with E-state index >= 15 is 0 Å². The molecule has 1 atom stereocenters. The number of benzene rings is 1. The van der Waals surface area contributed by atoms with Gasteiger partial charge in [-0.25, -0.2) is 0 Å². The van der Waals surface area contributed by atoms with Crippen molar-refractivity contribution in [3.05, 3.63) is 43.5 Å². The number of hydrogen-bond donors (Lipinski definition) is 0. The molecule has 1 heterocycles. The number of para-hydroxylation sites is 1. The highest BCUT2D eigenvalue weighted by atomic mass is 79.9. The molecule has 0 fully saturated rings. The minimum absolute atomic E-state index is 0.0673. The molecule has 1 unspecified atom stereocenters. The van der Waals surface area contributed by atoms with Crippen molar-refractivity contribution in [2.24, 2.45) is 0 Å². The zero-order valence-electron chi connectivity index (χ0n) is 10.4. The van der Waals surface area contributed by atoms with Crippen LogP contribution in [0.3, 0.4) is 0 Å². The van der Waals surface area contributed by atoms with Gasteiger partial charge in [-0.05, 0) is 50.1 Å². The fourth-order valence-corrected chi connectivity index (χ4v) is 5.62. The molecule has 20 heavy (non-hydrogen) atoms. The smallest absolute Gasteiger partial charge is 0.177 e. The topological polar surface area (TPSA) is 43.4 Å². The number of rotatable bonds is 5. The summed E-state index contributed by atoms with van der Waals surface area (Å²) in [5, 5.41) is 0. The van der Waals surface area contributed by atoms with Crippen molar-refractivity contribution in [3.8, 4) is 5.75 Å². The van der Waals surface area contributed by atoms with Gasteiger partial charge in [-0.2, -0.15) is 0 Å².